The predicted octanol–water partition coefficient (Wildman–Crippen LogP) is 3.37. The lowest BCUT2D eigenvalue weighted by Gasteiger charge is -2.06. The van der Waals surface area contributed by atoms with E-state index in [4.69, 9.17) is 5.73 Å². The van der Waals surface area contributed by atoms with Gasteiger partial charge < -0.3 is 11.1 Å². The van der Waals surface area contributed by atoms with Gasteiger partial charge in [-0.3, -0.25) is 4.79 Å². The van der Waals surface area contributed by atoms with Gasteiger partial charge in [-0.05, 0) is 19.8 Å². The van der Waals surface area contributed by atoms with Crippen LogP contribution in [0, 0.1) is 0 Å². The smallest absolute Gasteiger partial charge is 0.220 e. The lowest BCUT2D eigenvalue weighted by molar-refractivity contribution is -0.121. The summed E-state index contributed by atoms with van der Waals surface area (Å²) < 4.78 is 0. The number of carbonyl (C=O) groups is 1. The Morgan fingerprint density at radius 3 is 2.17 bits per heavy atom. The molecule has 18 heavy (non-hydrogen) atoms. The van der Waals surface area contributed by atoms with Crippen LogP contribution in [-0.2, 0) is 4.79 Å². The fourth-order valence-electron chi connectivity index (χ4n) is 1.93. The average molecular weight is 256 g/mol. The van der Waals surface area contributed by atoms with E-state index in [9.17, 15) is 4.79 Å². The predicted molar refractivity (Wildman–Crippen MR) is 78.5 cm³/mol. The largest absolute Gasteiger partial charge is 0.356 e. The van der Waals surface area contributed by atoms with Crippen molar-refractivity contribution in [1.29, 1.82) is 0 Å². The lowest BCUT2D eigenvalue weighted by Crippen LogP contribution is -2.26. The lowest BCUT2D eigenvalue weighted by atomic mass is 10.1. The van der Waals surface area contributed by atoms with Gasteiger partial charge in [0.05, 0.1) is 0 Å². The van der Waals surface area contributed by atoms with E-state index in [2.05, 4.69) is 12.2 Å². The molecular weight excluding hydrogens is 224 g/mol. The molecule has 1 unspecified atom stereocenters. The van der Waals surface area contributed by atoms with E-state index in [1.54, 1.807) is 0 Å². The number of hydrogen-bond acceptors (Lipinski definition) is 2. The van der Waals surface area contributed by atoms with Gasteiger partial charge in [0.1, 0.15) is 0 Å². The van der Waals surface area contributed by atoms with Gasteiger partial charge in [-0.25, -0.2) is 0 Å². The summed E-state index contributed by atoms with van der Waals surface area (Å²) in [7, 11) is 0. The standard InChI is InChI=1S/C15H32N2O/c1-3-4-5-6-7-8-9-10-13-17-15(18)12-11-14(2)16/h14H,3-13,16H2,1-2H3,(H,17,18). The van der Waals surface area contributed by atoms with Crippen LogP contribution in [0.3, 0.4) is 0 Å². The van der Waals surface area contributed by atoms with Crippen LogP contribution in [0.25, 0.3) is 0 Å². The van der Waals surface area contributed by atoms with Crippen LogP contribution in [0.2, 0.25) is 0 Å². The summed E-state index contributed by atoms with van der Waals surface area (Å²) in [6, 6.07) is 0.124. The fraction of sp³-hybridized carbons (Fsp3) is 0.933. The maximum Gasteiger partial charge on any atom is 0.220 e. The Balaban J connectivity index is 3.12. The number of hydrogen-bond donors (Lipinski definition) is 2. The molecule has 0 radical (unpaired) electrons. The fourth-order valence-corrected chi connectivity index (χ4v) is 1.93. The first-order valence-electron chi connectivity index (χ1n) is 7.69. The molecule has 0 spiro atoms. The molecule has 0 aliphatic rings. The highest BCUT2D eigenvalue weighted by molar-refractivity contribution is 5.75. The van der Waals surface area contributed by atoms with E-state index in [0.29, 0.717) is 6.42 Å². The van der Waals surface area contributed by atoms with Crippen LogP contribution < -0.4 is 11.1 Å². The molecule has 3 nitrogen and oxygen atoms in total. The molecule has 0 rings (SSSR count). The Morgan fingerprint density at radius 1 is 1.06 bits per heavy atom. The molecule has 1 amide bonds. The molecule has 0 heterocycles. The average Bonchev–Trinajstić information content (AvgIpc) is 2.34. The molecule has 0 bridgehead atoms. The zero-order valence-electron chi connectivity index (χ0n) is 12.3. The van der Waals surface area contributed by atoms with Gasteiger partial charge in [-0.2, -0.15) is 0 Å². The molecule has 3 N–H and O–H groups in total. The molecule has 0 aliphatic carbocycles. The summed E-state index contributed by atoms with van der Waals surface area (Å²) in [6.45, 7) is 5.01. The highest BCUT2D eigenvalue weighted by Crippen LogP contribution is 2.07. The third-order valence-corrected chi connectivity index (χ3v) is 3.18. The number of nitrogens with one attached hydrogen (secondary N) is 1. The molecule has 0 saturated carbocycles. The second-order valence-corrected chi connectivity index (χ2v) is 5.34. The summed E-state index contributed by atoms with van der Waals surface area (Å²) in [5.41, 5.74) is 5.61. The van der Waals surface area contributed by atoms with E-state index in [0.717, 1.165) is 19.4 Å². The zero-order chi connectivity index (χ0) is 13.6. The van der Waals surface area contributed by atoms with Crippen molar-refractivity contribution in [3.63, 3.8) is 0 Å². The van der Waals surface area contributed by atoms with Gasteiger partial charge in [0, 0.05) is 19.0 Å². The molecule has 0 aromatic rings. The quantitative estimate of drug-likeness (QED) is 0.526. The molecule has 0 aromatic heterocycles. The molecule has 0 fully saturated rings. The molecular formula is C15H32N2O. The van der Waals surface area contributed by atoms with Gasteiger partial charge in [0.15, 0.2) is 0 Å². The van der Waals surface area contributed by atoms with Gasteiger partial charge >= 0.3 is 0 Å². The van der Waals surface area contributed by atoms with Crippen molar-refractivity contribution >= 4 is 5.91 Å². The van der Waals surface area contributed by atoms with Crippen molar-refractivity contribution in [3.8, 4) is 0 Å². The molecule has 3 heteroatoms. The zero-order valence-corrected chi connectivity index (χ0v) is 12.3. The molecule has 0 aromatic carbocycles. The van der Waals surface area contributed by atoms with Crippen LogP contribution in [0.4, 0.5) is 0 Å². The van der Waals surface area contributed by atoms with Gasteiger partial charge in [-0.1, -0.05) is 51.9 Å². The van der Waals surface area contributed by atoms with Crippen molar-refractivity contribution in [2.45, 2.75) is 84.1 Å². The maximum absolute atomic E-state index is 11.4. The summed E-state index contributed by atoms with van der Waals surface area (Å²) in [5, 5.41) is 2.95. The van der Waals surface area contributed by atoms with Crippen LogP contribution in [0.1, 0.15) is 78.1 Å². The number of carbonyl (C=O) groups excluding carboxylic acids is 1. The van der Waals surface area contributed by atoms with Crippen molar-refractivity contribution in [3.05, 3.63) is 0 Å². The van der Waals surface area contributed by atoms with E-state index >= 15 is 0 Å². The van der Waals surface area contributed by atoms with Crippen molar-refractivity contribution in [2.75, 3.05) is 6.54 Å². The highest BCUT2D eigenvalue weighted by atomic mass is 16.1. The third-order valence-electron chi connectivity index (χ3n) is 3.18. The maximum atomic E-state index is 11.4. The summed E-state index contributed by atoms with van der Waals surface area (Å²) in [4.78, 5) is 11.4. The Hall–Kier alpha value is -0.570. The normalized spacial score (nSPS) is 12.4. The number of unbranched alkanes of at least 4 members (excludes halogenated alkanes) is 7. The van der Waals surface area contributed by atoms with Gasteiger partial charge in [-0.15, -0.1) is 0 Å². The second-order valence-electron chi connectivity index (χ2n) is 5.34. The monoisotopic (exact) mass is 256 g/mol. The van der Waals surface area contributed by atoms with Gasteiger partial charge in [0.2, 0.25) is 5.91 Å². The first-order chi connectivity index (χ1) is 8.66. The van der Waals surface area contributed by atoms with Crippen LogP contribution >= 0.6 is 0 Å². The van der Waals surface area contributed by atoms with Gasteiger partial charge in [0.25, 0.3) is 0 Å². The molecule has 0 aliphatic heterocycles. The van der Waals surface area contributed by atoms with E-state index in [-0.39, 0.29) is 11.9 Å². The third kappa shape index (κ3) is 13.5. The first-order valence-corrected chi connectivity index (χ1v) is 7.69. The summed E-state index contributed by atoms with van der Waals surface area (Å²) in [6.07, 6.45) is 11.8. The minimum atomic E-state index is 0.124. The first kappa shape index (κ1) is 17.4. The molecule has 108 valence electrons. The van der Waals surface area contributed by atoms with Crippen molar-refractivity contribution < 1.29 is 4.79 Å². The number of rotatable bonds is 12. The van der Waals surface area contributed by atoms with Crippen molar-refractivity contribution in [1.82, 2.24) is 5.32 Å². The van der Waals surface area contributed by atoms with Crippen LogP contribution in [0.15, 0.2) is 0 Å². The summed E-state index contributed by atoms with van der Waals surface area (Å²) in [5.74, 6) is 0.148. The minimum Gasteiger partial charge on any atom is -0.356 e. The number of amides is 1. The van der Waals surface area contributed by atoms with Crippen LogP contribution in [0.5, 0.6) is 0 Å². The van der Waals surface area contributed by atoms with E-state index < -0.39 is 0 Å². The van der Waals surface area contributed by atoms with Crippen LogP contribution in [-0.4, -0.2) is 18.5 Å². The Bertz CT molecular complexity index is 193. The topological polar surface area (TPSA) is 55.1 Å². The highest BCUT2D eigenvalue weighted by Gasteiger charge is 2.02. The Morgan fingerprint density at radius 2 is 1.61 bits per heavy atom. The number of nitrogens with two attached hydrogens (primary N) is 1. The summed E-state index contributed by atoms with van der Waals surface area (Å²) >= 11 is 0. The molecule has 1 atom stereocenters. The van der Waals surface area contributed by atoms with E-state index in [1.807, 2.05) is 6.92 Å². The minimum absolute atomic E-state index is 0.124. The van der Waals surface area contributed by atoms with E-state index in [1.165, 1.54) is 44.9 Å². The SMILES string of the molecule is CCCCCCCCCCNC(=O)CCC(C)N. The van der Waals surface area contributed by atoms with Crippen molar-refractivity contribution in [2.24, 2.45) is 5.73 Å². The second kappa shape index (κ2) is 12.9. The Kier molecular flexibility index (Phi) is 12.5. The Labute approximate surface area is 113 Å². The molecule has 0 saturated heterocycles.